The zero-order chi connectivity index (χ0) is 10.7. The van der Waals surface area contributed by atoms with Crippen LogP contribution in [0.1, 0.15) is 5.56 Å². The number of rotatable bonds is 3. The summed E-state index contributed by atoms with van der Waals surface area (Å²) in [5.74, 6) is 0.675. The second-order valence-electron chi connectivity index (χ2n) is 3.28. The van der Waals surface area contributed by atoms with Crippen LogP contribution in [0.5, 0.6) is 5.75 Å². The molecule has 0 spiro atoms. The summed E-state index contributed by atoms with van der Waals surface area (Å²) in [5.41, 5.74) is 0.592. The highest BCUT2D eigenvalue weighted by Crippen LogP contribution is 2.26. The van der Waals surface area contributed by atoms with E-state index in [0.29, 0.717) is 11.3 Å². The van der Waals surface area contributed by atoms with Gasteiger partial charge in [-0.1, -0.05) is 23.8 Å². The summed E-state index contributed by atoms with van der Waals surface area (Å²) in [7, 11) is 1.42. The van der Waals surface area contributed by atoms with E-state index in [2.05, 4.69) is 22.0 Å². The Morgan fingerprint density at radius 1 is 1.47 bits per heavy atom. The largest absolute Gasteiger partial charge is 0.486 e. The number of para-hydroxylation sites is 1. The summed E-state index contributed by atoms with van der Waals surface area (Å²) >= 11 is 4.09. The SMILES string of the molecule is N#Cc1ccccc1OC1CN(SS)C1. The van der Waals surface area contributed by atoms with Gasteiger partial charge >= 0.3 is 0 Å². The standard InChI is InChI=1S/C10H10N2OS2/c11-5-8-3-1-2-4-10(8)13-9-6-12(7-9)15-14/h1-4,9,14H,6-7H2. The van der Waals surface area contributed by atoms with Crippen LogP contribution in [0, 0.1) is 11.3 Å². The van der Waals surface area contributed by atoms with Gasteiger partial charge in [0, 0.05) is 13.1 Å². The highest BCUT2D eigenvalue weighted by Gasteiger charge is 2.28. The molecule has 1 heterocycles. The third-order valence-electron chi connectivity index (χ3n) is 2.23. The zero-order valence-electron chi connectivity index (χ0n) is 7.96. The summed E-state index contributed by atoms with van der Waals surface area (Å²) in [6, 6.07) is 9.42. The fraction of sp³-hybridized carbons (Fsp3) is 0.300. The van der Waals surface area contributed by atoms with E-state index in [4.69, 9.17) is 10.00 Å². The maximum absolute atomic E-state index is 8.86. The molecule has 0 amide bonds. The Bertz CT molecular complexity index is 385. The van der Waals surface area contributed by atoms with Crippen LogP contribution in [-0.4, -0.2) is 23.5 Å². The molecule has 0 N–H and O–H groups in total. The lowest BCUT2D eigenvalue weighted by Crippen LogP contribution is -2.49. The van der Waals surface area contributed by atoms with E-state index in [1.807, 2.05) is 18.2 Å². The van der Waals surface area contributed by atoms with E-state index in [1.54, 1.807) is 6.07 Å². The van der Waals surface area contributed by atoms with Gasteiger partial charge in [0.05, 0.1) is 5.56 Å². The molecule has 0 aromatic heterocycles. The quantitative estimate of drug-likeness (QED) is 0.497. The lowest BCUT2D eigenvalue weighted by molar-refractivity contribution is 0.0845. The Labute approximate surface area is 98.0 Å². The molecule has 0 unspecified atom stereocenters. The maximum atomic E-state index is 8.86. The van der Waals surface area contributed by atoms with Gasteiger partial charge in [0.15, 0.2) is 0 Å². The molecule has 0 aliphatic carbocycles. The van der Waals surface area contributed by atoms with Crippen molar-refractivity contribution >= 4 is 22.6 Å². The normalized spacial score (nSPS) is 16.8. The molecule has 0 saturated carbocycles. The molecule has 1 saturated heterocycles. The number of benzene rings is 1. The molecule has 2 rings (SSSR count). The Balaban J connectivity index is 1.97. The monoisotopic (exact) mass is 238 g/mol. The van der Waals surface area contributed by atoms with Crippen LogP contribution in [-0.2, 0) is 0 Å². The van der Waals surface area contributed by atoms with Crippen LogP contribution >= 0.6 is 22.6 Å². The van der Waals surface area contributed by atoms with Crippen LogP contribution in [0.3, 0.4) is 0 Å². The van der Waals surface area contributed by atoms with Gasteiger partial charge in [-0.25, -0.2) is 4.31 Å². The summed E-state index contributed by atoms with van der Waals surface area (Å²) in [4.78, 5) is 0. The van der Waals surface area contributed by atoms with Crippen molar-refractivity contribution in [1.29, 1.82) is 5.26 Å². The van der Waals surface area contributed by atoms with Crippen molar-refractivity contribution in [3.63, 3.8) is 0 Å². The fourth-order valence-corrected chi connectivity index (χ4v) is 2.25. The van der Waals surface area contributed by atoms with Crippen molar-refractivity contribution in [3.8, 4) is 11.8 Å². The van der Waals surface area contributed by atoms with Gasteiger partial charge in [-0.3, -0.25) is 0 Å². The van der Waals surface area contributed by atoms with E-state index in [1.165, 1.54) is 11.0 Å². The predicted molar refractivity (Wildman–Crippen MR) is 63.7 cm³/mol. The molecule has 1 fully saturated rings. The topological polar surface area (TPSA) is 36.3 Å². The number of nitrogens with zero attached hydrogens (tertiary/aromatic N) is 2. The van der Waals surface area contributed by atoms with Crippen molar-refractivity contribution in [2.45, 2.75) is 6.10 Å². The van der Waals surface area contributed by atoms with Gasteiger partial charge in [0.1, 0.15) is 17.9 Å². The highest BCUT2D eigenvalue weighted by molar-refractivity contribution is 8.67. The number of ether oxygens (including phenoxy) is 1. The first-order valence-electron chi connectivity index (χ1n) is 4.55. The minimum absolute atomic E-state index is 0.180. The van der Waals surface area contributed by atoms with Crippen molar-refractivity contribution < 1.29 is 4.74 Å². The molecular formula is C10H10N2OS2. The van der Waals surface area contributed by atoms with Crippen molar-refractivity contribution in [3.05, 3.63) is 29.8 Å². The Kier molecular flexibility index (Phi) is 3.41. The fourth-order valence-electron chi connectivity index (χ4n) is 1.38. The molecule has 5 heteroatoms. The molecule has 0 radical (unpaired) electrons. The number of thiol groups is 1. The molecule has 1 aliphatic rings. The molecule has 1 aromatic rings. The molecule has 0 bridgehead atoms. The third kappa shape index (κ3) is 2.40. The van der Waals surface area contributed by atoms with Gasteiger partial charge in [-0.2, -0.15) is 5.26 Å². The number of nitriles is 1. The average Bonchev–Trinajstić information content (AvgIpc) is 2.23. The zero-order valence-corrected chi connectivity index (χ0v) is 9.67. The molecule has 3 nitrogen and oxygen atoms in total. The first-order chi connectivity index (χ1) is 7.33. The number of hydrogen-bond donors (Lipinski definition) is 1. The van der Waals surface area contributed by atoms with Gasteiger partial charge in [-0.15, -0.1) is 0 Å². The molecule has 0 atom stereocenters. The summed E-state index contributed by atoms with van der Waals surface area (Å²) < 4.78 is 7.78. The number of hydrogen-bond acceptors (Lipinski definition) is 5. The van der Waals surface area contributed by atoms with E-state index in [0.717, 1.165) is 13.1 Å². The minimum atomic E-state index is 0.180. The Morgan fingerprint density at radius 2 is 2.20 bits per heavy atom. The average molecular weight is 238 g/mol. The summed E-state index contributed by atoms with van der Waals surface area (Å²) in [6.07, 6.45) is 0.180. The Morgan fingerprint density at radius 3 is 2.87 bits per heavy atom. The van der Waals surface area contributed by atoms with Crippen LogP contribution in [0.4, 0.5) is 0 Å². The first kappa shape index (κ1) is 10.7. The minimum Gasteiger partial charge on any atom is -0.486 e. The van der Waals surface area contributed by atoms with Gasteiger partial charge in [0.2, 0.25) is 0 Å². The first-order valence-corrected chi connectivity index (χ1v) is 6.38. The van der Waals surface area contributed by atoms with Crippen molar-refractivity contribution in [1.82, 2.24) is 4.31 Å². The highest BCUT2D eigenvalue weighted by atomic mass is 33.1. The van der Waals surface area contributed by atoms with Crippen LogP contribution in [0.15, 0.2) is 24.3 Å². The lowest BCUT2D eigenvalue weighted by atomic mass is 10.2. The molecule has 78 valence electrons. The van der Waals surface area contributed by atoms with Crippen LogP contribution < -0.4 is 4.74 Å². The third-order valence-corrected chi connectivity index (χ3v) is 3.45. The molecule has 1 aliphatic heterocycles. The lowest BCUT2D eigenvalue weighted by Gasteiger charge is -2.36. The summed E-state index contributed by atoms with van der Waals surface area (Å²) in [5, 5.41) is 8.86. The van der Waals surface area contributed by atoms with Crippen molar-refractivity contribution in [2.24, 2.45) is 0 Å². The molecular weight excluding hydrogens is 228 g/mol. The van der Waals surface area contributed by atoms with Gasteiger partial charge < -0.3 is 4.74 Å². The Hall–Kier alpha value is -0.830. The van der Waals surface area contributed by atoms with Crippen LogP contribution in [0.2, 0.25) is 0 Å². The second-order valence-corrected chi connectivity index (χ2v) is 4.45. The van der Waals surface area contributed by atoms with Crippen molar-refractivity contribution in [2.75, 3.05) is 13.1 Å². The molecule has 15 heavy (non-hydrogen) atoms. The second kappa shape index (κ2) is 4.79. The smallest absolute Gasteiger partial charge is 0.137 e. The van der Waals surface area contributed by atoms with E-state index >= 15 is 0 Å². The van der Waals surface area contributed by atoms with Gasteiger partial charge in [0.25, 0.3) is 0 Å². The van der Waals surface area contributed by atoms with E-state index in [9.17, 15) is 0 Å². The maximum Gasteiger partial charge on any atom is 0.137 e. The van der Waals surface area contributed by atoms with Gasteiger partial charge in [-0.05, 0) is 23.1 Å². The van der Waals surface area contributed by atoms with E-state index in [-0.39, 0.29) is 6.10 Å². The van der Waals surface area contributed by atoms with Crippen LogP contribution in [0.25, 0.3) is 0 Å². The molecule has 1 aromatic carbocycles. The predicted octanol–water partition coefficient (Wildman–Crippen LogP) is 2.11. The van der Waals surface area contributed by atoms with E-state index < -0.39 is 0 Å². The summed E-state index contributed by atoms with van der Waals surface area (Å²) in [6.45, 7) is 1.71.